The fourth-order valence-electron chi connectivity index (χ4n) is 1.32. The standard InChI is InChI=1S/C14H15Cl2NO3/c1-3-4-8-12(18)20-9(2)14(19)17-13-10(15)6-5-7-11(13)16/h4-9H,3H2,1-2H3,(H,17,19)/b8-4+/t9-/m0/s1. The molecule has 20 heavy (non-hydrogen) atoms. The summed E-state index contributed by atoms with van der Waals surface area (Å²) in [5, 5.41) is 3.17. The summed E-state index contributed by atoms with van der Waals surface area (Å²) in [4.78, 5) is 23.3. The Bertz CT molecular complexity index is 509. The van der Waals surface area contributed by atoms with Gasteiger partial charge in [0, 0.05) is 6.08 Å². The largest absolute Gasteiger partial charge is 0.449 e. The Morgan fingerprint density at radius 3 is 2.50 bits per heavy atom. The van der Waals surface area contributed by atoms with E-state index in [1.807, 2.05) is 6.92 Å². The summed E-state index contributed by atoms with van der Waals surface area (Å²) >= 11 is 11.9. The molecule has 0 fully saturated rings. The second-order valence-corrected chi connectivity index (χ2v) is 4.79. The second-order valence-electron chi connectivity index (χ2n) is 3.98. The Balaban J connectivity index is 2.67. The first-order chi connectivity index (χ1) is 9.45. The van der Waals surface area contributed by atoms with Crippen molar-refractivity contribution >= 4 is 40.8 Å². The molecule has 1 aromatic carbocycles. The van der Waals surface area contributed by atoms with Gasteiger partial charge in [-0.3, -0.25) is 4.79 Å². The lowest BCUT2D eigenvalue weighted by Gasteiger charge is -2.14. The van der Waals surface area contributed by atoms with Crippen molar-refractivity contribution in [2.75, 3.05) is 5.32 Å². The molecular formula is C14H15Cl2NO3. The van der Waals surface area contributed by atoms with Crippen LogP contribution >= 0.6 is 23.2 Å². The number of esters is 1. The van der Waals surface area contributed by atoms with Crippen LogP contribution in [0.2, 0.25) is 10.0 Å². The Morgan fingerprint density at radius 2 is 1.95 bits per heavy atom. The van der Waals surface area contributed by atoms with E-state index in [4.69, 9.17) is 27.9 Å². The summed E-state index contributed by atoms with van der Waals surface area (Å²) in [7, 11) is 0. The van der Waals surface area contributed by atoms with Gasteiger partial charge in [0.2, 0.25) is 0 Å². The van der Waals surface area contributed by atoms with Crippen LogP contribution in [0.15, 0.2) is 30.4 Å². The number of para-hydroxylation sites is 1. The average Bonchev–Trinajstić information content (AvgIpc) is 2.40. The second kappa shape index (κ2) is 7.92. The molecule has 1 rings (SSSR count). The first kappa shape index (κ1) is 16.5. The quantitative estimate of drug-likeness (QED) is 0.663. The summed E-state index contributed by atoms with van der Waals surface area (Å²) in [6, 6.07) is 4.87. The minimum Gasteiger partial charge on any atom is -0.449 e. The Hall–Kier alpha value is -1.52. The Morgan fingerprint density at radius 1 is 1.35 bits per heavy atom. The summed E-state index contributed by atoms with van der Waals surface area (Å²) in [5.41, 5.74) is 0.299. The number of benzene rings is 1. The van der Waals surface area contributed by atoms with E-state index in [-0.39, 0.29) is 0 Å². The maximum absolute atomic E-state index is 11.9. The fraction of sp³-hybridized carbons (Fsp3) is 0.286. The molecule has 0 saturated carbocycles. The molecule has 0 radical (unpaired) electrons. The number of allylic oxidation sites excluding steroid dienone is 1. The van der Waals surface area contributed by atoms with Gasteiger partial charge in [0.15, 0.2) is 6.10 Å². The number of amides is 1. The van der Waals surface area contributed by atoms with Gasteiger partial charge in [0.25, 0.3) is 5.91 Å². The van der Waals surface area contributed by atoms with Crippen molar-refractivity contribution in [3.8, 4) is 0 Å². The molecule has 0 bridgehead atoms. The lowest BCUT2D eigenvalue weighted by Crippen LogP contribution is -2.29. The van der Waals surface area contributed by atoms with Crippen molar-refractivity contribution < 1.29 is 14.3 Å². The normalized spacial score (nSPS) is 12.2. The molecule has 0 aromatic heterocycles. The van der Waals surface area contributed by atoms with Gasteiger partial charge < -0.3 is 10.1 Å². The van der Waals surface area contributed by atoms with Crippen LogP contribution in [0.5, 0.6) is 0 Å². The van der Waals surface area contributed by atoms with Crippen LogP contribution in [0.25, 0.3) is 0 Å². The first-order valence-electron chi connectivity index (χ1n) is 6.07. The first-order valence-corrected chi connectivity index (χ1v) is 6.83. The van der Waals surface area contributed by atoms with Crippen molar-refractivity contribution in [3.05, 3.63) is 40.4 Å². The van der Waals surface area contributed by atoms with E-state index in [9.17, 15) is 9.59 Å². The van der Waals surface area contributed by atoms with Gasteiger partial charge in [-0.15, -0.1) is 0 Å². The SMILES string of the molecule is CC/C=C/C(=O)O[C@@H](C)C(=O)Nc1c(Cl)cccc1Cl. The molecule has 0 heterocycles. The Kier molecular flexibility index (Phi) is 6.55. The van der Waals surface area contributed by atoms with Crippen LogP contribution in [0.1, 0.15) is 20.3 Å². The number of nitrogens with one attached hydrogen (secondary N) is 1. The molecule has 0 aliphatic rings. The molecule has 1 aromatic rings. The zero-order valence-electron chi connectivity index (χ0n) is 11.2. The van der Waals surface area contributed by atoms with Gasteiger partial charge in [-0.25, -0.2) is 4.79 Å². The topological polar surface area (TPSA) is 55.4 Å². The minimum atomic E-state index is -0.948. The third-order valence-corrected chi connectivity index (χ3v) is 2.99. The average molecular weight is 316 g/mol. The lowest BCUT2D eigenvalue weighted by molar-refractivity contribution is -0.148. The van der Waals surface area contributed by atoms with Gasteiger partial charge in [-0.2, -0.15) is 0 Å². The van der Waals surface area contributed by atoms with E-state index in [1.165, 1.54) is 13.0 Å². The zero-order valence-corrected chi connectivity index (χ0v) is 12.7. The predicted molar refractivity (Wildman–Crippen MR) is 80.1 cm³/mol. The lowest BCUT2D eigenvalue weighted by atomic mass is 10.3. The van der Waals surface area contributed by atoms with Crippen LogP contribution in [0.4, 0.5) is 5.69 Å². The van der Waals surface area contributed by atoms with Gasteiger partial charge in [0.05, 0.1) is 15.7 Å². The van der Waals surface area contributed by atoms with Gasteiger partial charge in [-0.05, 0) is 25.5 Å². The molecule has 1 amide bonds. The number of carbonyl (C=O) groups is 2. The monoisotopic (exact) mass is 315 g/mol. The molecular weight excluding hydrogens is 301 g/mol. The summed E-state index contributed by atoms with van der Waals surface area (Å²) in [6.07, 6.45) is 2.70. The molecule has 1 atom stereocenters. The van der Waals surface area contributed by atoms with Crippen molar-refractivity contribution in [2.24, 2.45) is 0 Å². The van der Waals surface area contributed by atoms with E-state index < -0.39 is 18.0 Å². The molecule has 108 valence electrons. The number of carbonyl (C=O) groups excluding carboxylic acids is 2. The number of ether oxygens (including phenoxy) is 1. The van der Waals surface area contributed by atoms with Gasteiger partial charge in [0.1, 0.15) is 0 Å². The van der Waals surface area contributed by atoms with E-state index in [1.54, 1.807) is 24.3 Å². The number of halogens is 2. The molecule has 0 unspecified atom stereocenters. The molecule has 0 aliphatic carbocycles. The smallest absolute Gasteiger partial charge is 0.331 e. The highest BCUT2D eigenvalue weighted by molar-refractivity contribution is 6.39. The van der Waals surface area contributed by atoms with E-state index >= 15 is 0 Å². The highest BCUT2D eigenvalue weighted by Gasteiger charge is 2.18. The number of rotatable bonds is 5. The number of hydrogen-bond donors (Lipinski definition) is 1. The summed E-state index contributed by atoms with van der Waals surface area (Å²) in [6.45, 7) is 3.36. The van der Waals surface area contributed by atoms with E-state index in [0.29, 0.717) is 22.2 Å². The summed E-state index contributed by atoms with van der Waals surface area (Å²) < 4.78 is 4.94. The van der Waals surface area contributed by atoms with Crippen molar-refractivity contribution in [1.82, 2.24) is 0 Å². The van der Waals surface area contributed by atoms with Crippen LogP contribution in [-0.4, -0.2) is 18.0 Å². The third-order valence-electron chi connectivity index (χ3n) is 2.36. The maximum Gasteiger partial charge on any atom is 0.331 e. The molecule has 6 heteroatoms. The van der Waals surface area contributed by atoms with Crippen LogP contribution in [0, 0.1) is 0 Å². The molecule has 0 saturated heterocycles. The van der Waals surface area contributed by atoms with E-state index in [0.717, 1.165) is 0 Å². The number of hydrogen-bond acceptors (Lipinski definition) is 3. The molecule has 0 aliphatic heterocycles. The highest BCUT2D eigenvalue weighted by atomic mass is 35.5. The third kappa shape index (κ3) is 4.87. The predicted octanol–water partition coefficient (Wildman–Crippen LogP) is 3.83. The fourth-order valence-corrected chi connectivity index (χ4v) is 1.82. The van der Waals surface area contributed by atoms with Crippen molar-refractivity contribution in [1.29, 1.82) is 0 Å². The molecule has 4 nitrogen and oxygen atoms in total. The summed E-state index contributed by atoms with van der Waals surface area (Å²) in [5.74, 6) is -1.07. The Labute approximate surface area is 127 Å². The van der Waals surface area contributed by atoms with Crippen molar-refractivity contribution in [2.45, 2.75) is 26.4 Å². The highest BCUT2D eigenvalue weighted by Crippen LogP contribution is 2.29. The van der Waals surface area contributed by atoms with Gasteiger partial charge >= 0.3 is 5.97 Å². The van der Waals surface area contributed by atoms with Crippen LogP contribution < -0.4 is 5.32 Å². The number of anilines is 1. The molecule has 1 N–H and O–H groups in total. The molecule has 0 spiro atoms. The van der Waals surface area contributed by atoms with E-state index in [2.05, 4.69) is 5.32 Å². The van der Waals surface area contributed by atoms with Crippen molar-refractivity contribution in [3.63, 3.8) is 0 Å². The maximum atomic E-state index is 11.9. The van der Waals surface area contributed by atoms with Gasteiger partial charge in [-0.1, -0.05) is 42.3 Å². The minimum absolute atomic E-state index is 0.299. The zero-order chi connectivity index (χ0) is 15.1. The van der Waals surface area contributed by atoms with Crippen LogP contribution in [-0.2, 0) is 14.3 Å². The van der Waals surface area contributed by atoms with Crippen LogP contribution in [0.3, 0.4) is 0 Å².